The highest BCUT2D eigenvalue weighted by Crippen LogP contribution is 2.13. The van der Waals surface area contributed by atoms with Gasteiger partial charge in [0.15, 0.2) is 12.4 Å². The fraction of sp³-hybridized carbons (Fsp3) is 0.192. The molecule has 0 bridgehead atoms. The molecule has 0 radical (unpaired) electrons. The quantitative estimate of drug-likeness (QED) is 0.392. The molecule has 0 unspecified atom stereocenters. The number of unbranched alkanes of at least 4 members (excludes halogenated alkanes) is 1. The van der Waals surface area contributed by atoms with Gasteiger partial charge in [0, 0.05) is 16.8 Å². The van der Waals surface area contributed by atoms with Gasteiger partial charge in [-0.15, -0.1) is 0 Å². The molecule has 1 N–H and O–H groups in total. The molecule has 0 aliphatic carbocycles. The highest BCUT2D eigenvalue weighted by molar-refractivity contribution is 6.09. The summed E-state index contributed by atoms with van der Waals surface area (Å²) in [4.78, 5) is 36.7. The number of ketones is 1. The van der Waals surface area contributed by atoms with Crippen LogP contribution in [0.2, 0.25) is 0 Å². The zero-order chi connectivity index (χ0) is 22.1. The van der Waals surface area contributed by atoms with Crippen LogP contribution in [0.4, 0.5) is 5.69 Å². The molecule has 158 valence electrons. The van der Waals surface area contributed by atoms with Crippen molar-refractivity contribution in [1.82, 2.24) is 0 Å². The Bertz CT molecular complexity index is 1030. The number of benzene rings is 3. The number of carbonyl (C=O) groups excluding carboxylic acids is 3. The molecule has 0 aliphatic heterocycles. The predicted octanol–water partition coefficient (Wildman–Crippen LogP) is 5.06. The number of nitrogens with one attached hydrogen (secondary N) is 1. The highest BCUT2D eigenvalue weighted by Gasteiger charge is 2.13. The first kappa shape index (κ1) is 22.0. The monoisotopic (exact) mass is 415 g/mol. The van der Waals surface area contributed by atoms with Crippen molar-refractivity contribution in [3.63, 3.8) is 0 Å². The van der Waals surface area contributed by atoms with E-state index in [-0.39, 0.29) is 18.0 Å². The summed E-state index contributed by atoms with van der Waals surface area (Å²) in [6.45, 7) is 1.76. The van der Waals surface area contributed by atoms with Crippen molar-refractivity contribution in [3.05, 3.63) is 101 Å². The number of rotatable bonds is 9. The van der Waals surface area contributed by atoms with E-state index in [9.17, 15) is 14.4 Å². The Labute approximate surface area is 182 Å². The van der Waals surface area contributed by atoms with Crippen LogP contribution in [0.25, 0.3) is 0 Å². The summed E-state index contributed by atoms with van der Waals surface area (Å²) in [6.07, 6.45) is 3.27. The maximum Gasteiger partial charge on any atom is 0.338 e. The Hall–Kier alpha value is -3.73. The maximum atomic E-state index is 12.4. The molecule has 3 aromatic carbocycles. The van der Waals surface area contributed by atoms with Crippen LogP contribution in [0.5, 0.6) is 0 Å². The molecule has 0 aliphatic rings. The van der Waals surface area contributed by atoms with Gasteiger partial charge < -0.3 is 10.1 Å². The van der Waals surface area contributed by atoms with Crippen molar-refractivity contribution >= 4 is 23.3 Å². The summed E-state index contributed by atoms with van der Waals surface area (Å²) in [7, 11) is 0. The number of carbonyl (C=O) groups is 3. The molecule has 0 heterocycles. The number of hydrogen-bond acceptors (Lipinski definition) is 4. The molecule has 0 saturated heterocycles. The minimum Gasteiger partial charge on any atom is -0.452 e. The molecule has 0 atom stereocenters. The average Bonchev–Trinajstić information content (AvgIpc) is 2.82. The summed E-state index contributed by atoms with van der Waals surface area (Å²) < 4.78 is 5.09. The smallest absolute Gasteiger partial charge is 0.338 e. The van der Waals surface area contributed by atoms with Gasteiger partial charge in [-0.05, 0) is 42.7 Å². The summed E-state index contributed by atoms with van der Waals surface area (Å²) in [5, 5.41) is 2.71. The Balaban J connectivity index is 1.50. The van der Waals surface area contributed by atoms with E-state index in [1.807, 2.05) is 30.3 Å². The minimum absolute atomic E-state index is 0.124. The second kappa shape index (κ2) is 10.9. The van der Waals surface area contributed by atoms with Crippen LogP contribution in [0.3, 0.4) is 0 Å². The van der Waals surface area contributed by atoms with E-state index < -0.39 is 11.9 Å². The van der Waals surface area contributed by atoms with E-state index in [2.05, 4.69) is 12.2 Å². The van der Waals surface area contributed by atoms with Crippen LogP contribution in [-0.2, 0) is 16.0 Å². The zero-order valence-electron chi connectivity index (χ0n) is 17.5. The molecule has 0 aromatic heterocycles. The lowest BCUT2D eigenvalue weighted by Crippen LogP contribution is -2.21. The van der Waals surface area contributed by atoms with Gasteiger partial charge in [-0.2, -0.15) is 0 Å². The zero-order valence-corrected chi connectivity index (χ0v) is 17.5. The second-order valence-electron chi connectivity index (χ2n) is 7.20. The first-order chi connectivity index (χ1) is 15.1. The average molecular weight is 415 g/mol. The third-order valence-corrected chi connectivity index (χ3v) is 4.81. The standard InChI is InChI=1S/C26H25NO4/c1-2-3-7-19-10-16-23(17-11-19)27-24(28)18-31-26(30)22-14-12-21(13-15-22)25(29)20-8-5-4-6-9-20/h4-6,8-17H,2-3,7,18H2,1H3,(H,27,28). The Kier molecular flexibility index (Phi) is 7.71. The number of ether oxygens (including phenoxy) is 1. The third kappa shape index (κ3) is 6.37. The van der Waals surface area contributed by atoms with Crippen molar-refractivity contribution in [2.75, 3.05) is 11.9 Å². The summed E-state index contributed by atoms with van der Waals surface area (Å²) in [5.41, 5.74) is 3.21. The van der Waals surface area contributed by atoms with E-state index in [1.165, 1.54) is 17.7 Å². The van der Waals surface area contributed by atoms with E-state index >= 15 is 0 Å². The van der Waals surface area contributed by atoms with E-state index in [0.29, 0.717) is 16.8 Å². The second-order valence-corrected chi connectivity index (χ2v) is 7.20. The van der Waals surface area contributed by atoms with Crippen LogP contribution in [0.1, 0.15) is 51.6 Å². The molecule has 5 nitrogen and oxygen atoms in total. The molecule has 5 heteroatoms. The first-order valence-electron chi connectivity index (χ1n) is 10.3. The number of hydrogen-bond donors (Lipinski definition) is 1. The largest absolute Gasteiger partial charge is 0.452 e. The molecular formula is C26H25NO4. The Morgan fingerprint density at radius 1 is 0.774 bits per heavy atom. The molecule has 0 saturated carbocycles. The molecule has 3 aromatic rings. The molecule has 1 amide bonds. The third-order valence-electron chi connectivity index (χ3n) is 4.81. The molecular weight excluding hydrogens is 390 g/mol. The van der Waals surface area contributed by atoms with Crippen molar-refractivity contribution in [1.29, 1.82) is 0 Å². The lowest BCUT2D eigenvalue weighted by Gasteiger charge is -2.08. The highest BCUT2D eigenvalue weighted by atomic mass is 16.5. The fourth-order valence-electron chi connectivity index (χ4n) is 3.06. The van der Waals surface area contributed by atoms with Crippen molar-refractivity contribution in [2.45, 2.75) is 26.2 Å². The van der Waals surface area contributed by atoms with Gasteiger partial charge in [0.1, 0.15) is 0 Å². The SMILES string of the molecule is CCCCc1ccc(NC(=O)COC(=O)c2ccc(C(=O)c3ccccc3)cc2)cc1. The molecule has 0 spiro atoms. The Morgan fingerprint density at radius 3 is 2.03 bits per heavy atom. The van der Waals surface area contributed by atoms with Gasteiger partial charge in [0.05, 0.1) is 5.56 Å². The lowest BCUT2D eigenvalue weighted by molar-refractivity contribution is -0.119. The number of anilines is 1. The van der Waals surface area contributed by atoms with Gasteiger partial charge in [0.25, 0.3) is 5.91 Å². The van der Waals surface area contributed by atoms with Crippen molar-refractivity contribution in [3.8, 4) is 0 Å². The fourth-order valence-corrected chi connectivity index (χ4v) is 3.06. The van der Waals surface area contributed by atoms with Gasteiger partial charge in [-0.1, -0.05) is 67.9 Å². The Morgan fingerprint density at radius 2 is 1.39 bits per heavy atom. The predicted molar refractivity (Wildman–Crippen MR) is 120 cm³/mol. The number of aryl methyl sites for hydroxylation is 1. The lowest BCUT2D eigenvalue weighted by atomic mass is 10.0. The van der Waals surface area contributed by atoms with Gasteiger partial charge in [-0.3, -0.25) is 9.59 Å². The summed E-state index contributed by atoms with van der Waals surface area (Å²) >= 11 is 0. The van der Waals surface area contributed by atoms with Crippen LogP contribution in [0, 0.1) is 0 Å². The topological polar surface area (TPSA) is 72.5 Å². The van der Waals surface area contributed by atoms with Crippen LogP contribution >= 0.6 is 0 Å². The van der Waals surface area contributed by atoms with Gasteiger partial charge in [-0.25, -0.2) is 4.79 Å². The number of amides is 1. The van der Waals surface area contributed by atoms with Gasteiger partial charge >= 0.3 is 5.97 Å². The van der Waals surface area contributed by atoms with E-state index in [0.717, 1.165) is 19.3 Å². The van der Waals surface area contributed by atoms with Gasteiger partial charge in [0.2, 0.25) is 0 Å². The first-order valence-corrected chi connectivity index (χ1v) is 10.3. The summed E-state index contributed by atoms with van der Waals surface area (Å²) in [5.74, 6) is -1.16. The van der Waals surface area contributed by atoms with Crippen LogP contribution in [0.15, 0.2) is 78.9 Å². The maximum absolute atomic E-state index is 12.4. The molecule has 0 fully saturated rings. The van der Waals surface area contributed by atoms with Crippen molar-refractivity contribution in [2.24, 2.45) is 0 Å². The van der Waals surface area contributed by atoms with E-state index in [1.54, 1.807) is 36.4 Å². The summed E-state index contributed by atoms with van der Waals surface area (Å²) in [6, 6.07) is 22.7. The molecule has 3 rings (SSSR count). The minimum atomic E-state index is -0.622. The van der Waals surface area contributed by atoms with Crippen LogP contribution < -0.4 is 5.32 Å². The number of esters is 1. The van der Waals surface area contributed by atoms with E-state index in [4.69, 9.17) is 4.74 Å². The normalized spacial score (nSPS) is 10.4. The van der Waals surface area contributed by atoms with Crippen molar-refractivity contribution < 1.29 is 19.1 Å². The van der Waals surface area contributed by atoms with Crippen LogP contribution in [-0.4, -0.2) is 24.3 Å². The molecule has 31 heavy (non-hydrogen) atoms.